The molecule has 4 heterocycles. The Morgan fingerprint density at radius 2 is 1.71 bits per heavy atom. The van der Waals surface area contributed by atoms with Crippen molar-refractivity contribution in [2.24, 2.45) is 11.8 Å². The van der Waals surface area contributed by atoms with Crippen LogP contribution in [0.3, 0.4) is 0 Å². The lowest BCUT2D eigenvalue weighted by Gasteiger charge is -2.23. The Kier molecular flexibility index (Phi) is 8.05. The molecule has 0 aromatic carbocycles. The predicted molar refractivity (Wildman–Crippen MR) is 131 cm³/mol. The number of nitrogens with one attached hydrogen (secondary N) is 1. The highest BCUT2D eigenvalue weighted by molar-refractivity contribution is 6.06. The number of fused-ring (bicyclic) bond motifs is 2. The summed E-state index contributed by atoms with van der Waals surface area (Å²) in [5.41, 5.74) is 3.26. The van der Waals surface area contributed by atoms with Gasteiger partial charge in [0.15, 0.2) is 5.65 Å². The molecule has 8 heteroatoms. The third-order valence-corrected chi connectivity index (χ3v) is 6.60. The van der Waals surface area contributed by atoms with Gasteiger partial charge in [0.1, 0.15) is 0 Å². The molecule has 2 aliphatic rings. The van der Waals surface area contributed by atoms with Gasteiger partial charge in [-0.05, 0) is 77.4 Å². The number of amides is 1. The van der Waals surface area contributed by atoms with Crippen LogP contribution in [0.1, 0.15) is 75.1 Å². The van der Waals surface area contributed by atoms with E-state index >= 15 is 0 Å². The Morgan fingerprint density at radius 3 is 2.23 bits per heavy atom. The molecule has 0 radical (unpaired) electrons. The predicted octanol–water partition coefficient (Wildman–Crippen LogP) is 4.53. The third kappa shape index (κ3) is 4.86. The molecule has 4 rings (SSSR count). The van der Waals surface area contributed by atoms with E-state index in [1.54, 1.807) is 0 Å². The number of nitrogens with zero attached hydrogens (tertiary/aromatic N) is 4. The summed E-state index contributed by atoms with van der Waals surface area (Å²) >= 11 is 0. The standard InChI is InChI=1S/C23H35N5O.2ClH/c1-14(2)19-11-18(20-15(3)26-28(21(20)25-19)23(4,5)6)22(29)27-9-7-16-12-24-13-17(16)8-10-27;;/h11,14,16-17,24H,7-10,12-13H2,1-6H3;2*1H/t16-,17+;;. The van der Waals surface area contributed by atoms with Gasteiger partial charge in [0.2, 0.25) is 0 Å². The molecule has 1 N–H and O–H groups in total. The van der Waals surface area contributed by atoms with Crippen LogP contribution in [0.2, 0.25) is 0 Å². The molecule has 0 unspecified atom stereocenters. The highest BCUT2D eigenvalue weighted by Gasteiger charge is 2.33. The van der Waals surface area contributed by atoms with Gasteiger partial charge in [-0.2, -0.15) is 5.10 Å². The van der Waals surface area contributed by atoms with Crippen molar-refractivity contribution >= 4 is 41.8 Å². The molecular weight excluding hydrogens is 433 g/mol. The second-order valence-corrected chi connectivity index (χ2v) is 10.2. The number of pyridine rings is 1. The SMILES string of the molecule is Cc1nn(C(C)(C)C)c2nc(C(C)C)cc(C(=O)N3CC[C@@H]4CNC[C@@H]4CC3)c12.Cl.Cl. The highest BCUT2D eigenvalue weighted by atomic mass is 35.5. The molecule has 2 aromatic rings. The maximum absolute atomic E-state index is 13.7. The molecular formula is C23H37Cl2N5O. The molecule has 6 nitrogen and oxygen atoms in total. The fourth-order valence-electron chi connectivity index (χ4n) is 4.83. The zero-order valence-corrected chi connectivity index (χ0v) is 21.2. The summed E-state index contributed by atoms with van der Waals surface area (Å²) in [6.07, 6.45) is 2.18. The lowest BCUT2D eigenvalue weighted by molar-refractivity contribution is 0.0760. The first kappa shape index (κ1) is 25.9. The fourth-order valence-corrected chi connectivity index (χ4v) is 4.83. The van der Waals surface area contributed by atoms with Crippen LogP contribution in [0, 0.1) is 18.8 Å². The molecule has 1 amide bonds. The molecule has 0 aliphatic carbocycles. The van der Waals surface area contributed by atoms with Gasteiger partial charge in [-0.15, -0.1) is 24.8 Å². The maximum Gasteiger partial charge on any atom is 0.254 e. The van der Waals surface area contributed by atoms with Gasteiger partial charge in [0.05, 0.1) is 22.2 Å². The van der Waals surface area contributed by atoms with Crippen LogP contribution in [0.5, 0.6) is 0 Å². The average Bonchev–Trinajstić information content (AvgIpc) is 3.19. The Hall–Kier alpha value is -1.37. The highest BCUT2D eigenvalue weighted by Crippen LogP contribution is 2.32. The van der Waals surface area contributed by atoms with E-state index in [-0.39, 0.29) is 42.2 Å². The molecule has 2 aliphatic heterocycles. The van der Waals surface area contributed by atoms with E-state index in [0.29, 0.717) is 11.8 Å². The number of carbonyl (C=O) groups is 1. The zero-order valence-electron chi connectivity index (χ0n) is 19.6. The van der Waals surface area contributed by atoms with Crippen molar-refractivity contribution in [2.45, 2.75) is 65.8 Å². The Bertz CT molecular complexity index is 920. The van der Waals surface area contributed by atoms with Crippen molar-refractivity contribution < 1.29 is 4.79 Å². The van der Waals surface area contributed by atoms with Gasteiger partial charge in [0.25, 0.3) is 5.91 Å². The Labute approximate surface area is 198 Å². The number of likely N-dealkylation sites (tertiary alicyclic amines) is 1. The van der Waals surface area contributed by atoms with E-state index in [1.165, 1.54) is 0 Å². The number of hydrogen-bond acceptors (Lipinski definition) is 4. The van der Waals surface area contributed by atoms with Crippen LogP contribution < -0.4 is 5.32 Å². The molecule has 31 heavy (non-hydrogen) atoms. The molecule has 0 bridgehead atoms. The van der Waals surface area contributed by atoms with Gasteiger partial charge in [0, 0.05) is 18.8 Å². The van der Waals surface area contributed by atoms with Crippen LogP contribution in [0.4, 0.5) is 0 Å². The summed E-state index contributed by atoms with van der Waals surface area (Å²) in [6, 6.07) is 2.02. The first-order valence-electron chi connectivity index (χ1n) is 11.1. The van der Waals surface area contributed by atoms with Crippen molar-refractivity contribution in [1.29, 1.82) is 0 Å². The fraction of sp³-hybridized carbons (Fsp3) is 0.696. The number of rotatable bonds is 2. The van der Waals surface area contributed by atoms with Gasteiger partial charge < -0.3 is 10.2 Å². The number of hydrogen-bond donors (Lipinski definition) is 1. The number of carbonyl (C=O) groups excluding carboxylic acids is 1. The average molecular weight is 470 g/mol. The molecule has 2 saturated heterocycles. The van der Waals surface area contributed by atoms with Crippen molar-refractivity contribution in [3.63, 3.8) is 0 Å². The zero-order chi connectivity index (χ0) is 20.9. The number of aromatic nitrogens is 3. The van der Waals surface area contributed by atoms with Crippen LogP contribution in [0.15, 0.2) is 6.07 Å². The van der Waals surface area contributed by atoms with E-state index < -0.39 is 0 Å². The lowest BCUT2D eigenvalue weighted by atomic mass is 9.92. The largest absolute Gasteiger partial charge is 0.339 e. The van der Waals surface area contributed by atoms with Gasteiger partial charge in [-0.3, -0.25) is 4.79 Å². The Balaban J connectivity index is 0.00000171. The molecule has 0 spiro atoms. The summed E-state index contributed by atoms with van der Waals surface area (Å²) in [7, 11) is 0. The van der Waals surface area contributed by atoms with Crippen LogP contribution in [0.25, 0.3) is 11.0 Å². The van der Waals surface area contributed by atoms with Gasteiger partial charge in [-0.1, -0.05) is 13.8 Å². The summed E-state index contributed by atoms with van der Waals surface area (Å²) in [5, 5.41) is 9.22. The molecule has 2 aromatic heterocycles. The second-order valence-electron chi connectivity index (χ2n) is 10.2. The van der Waals surface area contributed by atoms with Crippen molar-refractivity contribution in [1.82, 2.24) is 25.0 Å². The summed E-state index contributed by atoms with van der Waals surface area (Å²) in [6.45, 7) is 16.5. The summed E-state index contributed by atoms with van der Waals surface area (Å²) in [4.78, 5) is 20.7. The van der Waals surface area contributed by atoms with E-state index in [4.69, 9.17) is 10.1 Å². The van der Waals surface area contributed by atoms with Crippen molar-refractivity contribution in [3.8, 4) is 0 Å². The normalized spacial score (nSPS) is 21.5. The summed E-state index contributed by atoms with van der Waals surface area (Å²) < 4.78 is 1.98. The number of halogens is 2. The van der Waals surface area contributed by atoms with E-state index in [9.17, 15) is 4.79 Å². The minimum Gasteiger partial charge on any atom is -0.339 e. The van der Waals surface area contributed by atoms with Crippen LogP contribution >= 0.6 is 24.8 Å². The smallest absolute Gasteiger partial charge is 0.254 e. The molecule has 0 saturated carbocycles. The minimum atomic E-state index is -0.192. The van der Waals surface area contributed by atoms with E-state index in [0.717, 1.165) is 67.0 Å². The first-order chi connectivity index (χ1) is 13.7. The van der Waals surface area contributed by atoms with Crippen molar-refractivity contribution in [3.05, 3.63) is 23.0 Å². The molecule has 2 fully saturated rings. The molecule has 174 valence electrons. The van der Waals surface area contributed by atoms with Gasteiger partial charge >= 0.3 is 0 Å². The van der Waals surface area contributed by atoms with Gasteiger partial charge in [-0.25, -0.2) is 9.67 Å². The van der Waals surface area contributed by atoms with Crippen LogP contribution in [-0.2, 0) is 5.54 Å². The summed E-state index contributed by atoms with van der Waals surface area (Å²) in [5.74, 6) is 1.82. The maximum atomic E-state index is 13.7. The lowest BCUT2D eigenvalue weighted by Crippen LogP contribution is -2.33. The second kappa shape index (κ2) is 9.63. The van der Waals surface area contributed by atoms with E-state index in [2.05, 4.69) is 44.8 Å². The minimum absolute atomic E-state index is 0. The Morgan fingerprint density at radius 1 is 1.13 bits per heavy atom. The monoisotopic (exact) mass is 469 g/mol. The quantitative estimate of drug-likeness (QED) is 0.701. The third-order valence-electron chi connectivity index (χ3n) is 6.60. The number of aryl methyl sites for hydroxylation is 1. The first-order valence-corrected chi connectivity index (χ1v) is 11.1. The topological polar surface area (TPSA) is 63.1 Å². The molecule has 2 atom stereocenters. The van der Waals surface area contributed by atoms with Crippen molar-refractivity contribution in [2.75, 3.05) is 26.2 Å². The van der Waals surface area contributed by atoms with E-state index in [1.807, 2.05) is 17.7 Å². The van der Waals surface area contributed by atoms with Crippen LogP contribution in [-0.4, -0.2) is 51.8 Å².